The Labute approximate surface area is 168 Å². The van der Waals surface area contributed by atoms with Gasteiger partial charge < -0.3 is 20.1 Å². The van der Waals surface area contributed by atoms with E-state index >= 15 is 0 Å². The molecule has 0 atom stereocenters. The highest BCUT2D eigenvalue weighted by atomic mass is 35.5. The second-order valence-corrected chi connectivity index (χ2v) is 6.43. The van der Waals surface area contributed by atoms with E-state index in [-0.39, 0.29) is 5.91 Å². The number of carbonyl (C=O) groups excluding carboxylic acids is 1. The molecule has 2 N–H and O–H groups in total. The van der Waals surface area contributed by atoms with E-state index in [9.17, 15) is 4.79 Å². The fraction of sp³-hybridized carbons (Fsp3) is 0.143. The number of pyridine rings is 1. The molecule has 3 rings (SSSR count). The molecule has 144 valence electrons. The normalized spacial score (nSPS) is 10.3. The number of hydrogen-bond acceptors (Lipinski definition) is 5. The molecule has 1 amide bonds. The summed E-state index contributed by atoms with van der Waals surface area (Å²) >= 11 is 6.14. The summed E-state index contributed by atoms with van der Waals surface area (Å²) in [5.74, 6) is 1.44. The standard InChI is InChI=1S/C21H20ClN3O3/c1-13-18(22)5-4-6-19(13)25-20-8-7-15(12-23-20)24-21(26)14-9-16(27-2)11-17(10-14)28-3/h4-12H,1-3H3,(H,23,25)(H,24,26). The maximum absolute atomic E-state index is 12.5. The monoisotopic (exact) mass is 397 g/mol. The molecule has 0 radical (unpaired) electrons. The van der Waals surface area contributed by atoms with Gasteiger partial charge in [0.05, 0.1) is 26.1 Å². The average molecular weight is 398 g/mol. The molecule has 0 saturated heterocycles. The Morgan fingerprint density at radius 2 is 1.75 bits per heavy atom. The molecule has 3 aromatic rings. The lowest BCUT2D eigenvalue weighted by molar-refractivity contribution is 0.102. The van der Waals surface area contributed by atoms with Gasteiger partial charge in [-0.05, 0) is 48.9 Å². The molecule has 0 aliphatic heterocycles. The van der Waals surface area contributed by atoms with Crippen molar-refractivity contribution in [3.63, 3.8) is 0 Å². The minimum absolute atomic E-state index is 0.287. The molecule has 2 aromatic carbocycles. The molecule has 0 aliphatic carbocycles. The Morgan fingerprint density at radius 1 is 1.04 bits per heavy atom. The summed E-state index contributed by atoms with van der Waals surface area (Å²) in [4.78, 5) is 16.9. The summed E-state index contributed by atoms with van der Waals surface area (Å²) < 4.78 is 10.4. The van der Waals surface area contributed by atoms with Gasteiger partial charge in [-0.15, -0.1) is 0 Å². The summed E-state index contributed by atoms with van der Waals surface area (Å²) in [5.41, 5.74) is 2.81. The van der Waals surface area contributed by atoms with Crippen LogP contribution in [0.2, 0.25) is 5.02 Å². The lowest BCUT2D eigenvalue weighted by atomic mass is 10.2. The third-order valence-corrected chi connectivity index (χ3v) is 4.57. The fourth-order valence-corrected chi connectivity index (χ4v) is 2.74. The number of methoxy groups -OCH3 is 2. The first-order chi connectivity index (χ1) is 13.5. The van der Waals surface area contributed by atoms with Crippen molar-refractivity contribution in [3.05, 3.63) is 70.9 Å². The summed E-state index contributed by atoms with van der Waals surface area (Å²) in [6.07, 6.45) is 1.58. The van der Waals surface area contributed by atoms with Gasteiger partial charge in [-0.2, -0.15) is 0 Å². The molecular weight excluding hydrogens is 378 g/mol. The molecule has 0 unspecified atom stereocenters. The van der Waals surface area contributed by atoms with Gasteiger partial charge in [0.2, 0.25) is 0 Å². The van der Waals surface area contributed by atoms with E-state index in [1.54, 1.807) is 36.5 Å². The van der Waals surface area contributed by atoms with Gasteiger partial charge in [-0.1, -0.05) is 17.7 Å². The number of anilines is 3. The van der Waals surface area contributed by atoms with Gasteiger partial charge in [-0.25, -0.2) is 4.98 Å². The number of ether oxygens (including phenoxy) is 2. The van der Waals surface area contributed by atoms with Crippen LogP contribution in [-0.2, 0) is 0 Å². The molecule has 6 nitrogen and oxygen atoms in total. The third-order valence-electron chi connectivity index (χ3n) is 4.17. The van der Waals surface area contributed by atoms with Gasteiger partial charge >= 0.3 is 0 Å². The first kappa shape index (κ1) is 19.5. The van der Waals surface area contributed by atoms with Crippen LogP contribution in [0.5, 0.6) is 11.5 Å². The van der Waals surface area contributed by atoms with E-state index in [2.05, 4.69) is 15.6 Å². The third kappa shape index (κ3) is 4.53. The van der Waals surface area contributed by atoms with E-state index in [1.165, 1.54) is 14.2 Å². The number of hydrogen-bond donors (Lipinski definition) is 2. The molecule has 1 heterocycles. The van der Waals surface area contributed by atoms with Crippen LogP contribution in [0.3, 0.4) is 0 Å². The number of amides is 1. The number of nitrogens with zero attached hydrogens (tertiary/aromatic N) is 1. The lowest BCUT2D eigenvalue weighted by Crippen LogP contribution is -2.12. The average Bonchev–Trinajstić information content (AvgIpc) is 2.72. The molecular formula is C21H20ClN3O3. The zero-order valence-corrected chi connectivity index (χ0v) is 16.5. The van der Waals surface area contributed by atoms with E-state index in [4.69, 9.17) is 21.1 Å². The number of halogens is 1. The highest BCUT2D eigenvalue weighted by Gasteiger charge is 2.11. The Balaban J connectivity index is 1.72. The quantitative estimate of drug-likeness (QED) is 0.608. The number of aromatic nitrogens is 1. The van der Waals surface area contributed by atoms with Crippen molar-refractivity contribution >= 4 is 34.7 Å². The SMILES string of the molecule is COc1cc(OC)cc(C(=O)Nc2ccc(Nc3cccc(Cl)c3C)nc2)c1. The highest BCUT2D eigenvalue weighted by molar-refractivity contribution is 6.31. The molecule has 1 aromatic heterocycles. The summed E-state index contributed by atoms with van der Waals surface area (Å²) in [7, 11) is 3.07. The minimum Gasteiger partial charge on any atom is -0.497 e. The van der Waals surface area contributed by atoms with Crippen LogP contribution in [0.15, 0.2) is 54.7 Å². The number of nitrogens with one attached hydrogen (secondary N) is 2. The van der Waals surface area contributed by atoms with Crippen LogP contribution in [0.4, 0.5) is 17.2 Å². The zero-order chi connectivity index (χ0) is 20.1. The number of rotatable bonds is 6. The minimum atomic E-state index is -0.287. The molecule has 0 saturated carbocycles. The molecule has 0 aliphatic rings. The number of carbonyl (C=O) groups is 1. The van der Waals surface area contributed by atoms with Crippen molar-refractivity contribution in [2.45, 2.75) is 6.92 Å². The molecule has 7 heteroatoms. The van der Waals surface area contributed by atoms with Gasteiger partial charge in [0.25, 0.3) is 5.91 Å². The zero-order valence-electron chi connectivity index (χ0n) is 15.7. The van der Waals surface area contributed by atoms with E-state index < -0.39 is 0 Å². The molecule has 0 bridgehead atoms. The smallest absolute Gasteiger partial charge is 0.255 e. The molecule has 28 heavy (non-hydrogen) atoms. The Bertz CT molecular complexity index is 968. The van der Waals surface area contributed by atoms with Crippen molar-refractivity contribution in [2.75, 3.05) is 24.9 Å². The van der Waals surface area contributed by atoms with Crippen molar-refractivity contribution in [1.29, 1.82) is 0 Å². The van der Waals surface area contributed by atoms with E-state index in [1.807, 2.05) is 25.1 Å². The van der Waals surface area contributed by atoms with Gasteiger partial charge in [0.1, 0.15) is 17.3 Å². The van der Waals surface area contributed by atoms with Crippen LogP contribution in [0, 0.1) is 6.92 Å². The van der Waals surface area contributed by atoms with E-state index in [0.717, 1.165) is 11.3 Å². The predicted molar refractivity (Wildman–Crippen MR) is 111 cm³/mol. The number of benzene rings is 2. The Kier molecular flexibility index (Phi) is 6.01. The first-order valence-corrected chi connectivity index (χ1v) is 8.90. The summed E-state index contributed by atoms with van der Waals surface area (Å²) in [5, 5.41) is 6.71. The first-order valence-electron chi connectivity index (χ1n) is 8.53. The second kappa shape index (κ2) is 8.63. The molecule has 0 spiro atoms. The summed E-state index contributed by atoms with van der Waals surface area (Å²) in [6, 6.07) is 14.2. The van der Waals surface area contributed by atoms with Crippen molar-refractivity contribution in [3.8, 4) is 11.5 Å². The molecule has 0 fully saturated rings. The van der Waals surface area contributed by atoms with Crippen molar-refractivity contribution in [2.24, 2.45) is 0 Å². The van der Waals surface area contributed by atoms with Gasteiger partial charge in [-0.3, -0.25) is 4.79 Å². The summed E-state index contributed by atoms with van der Waals surface area (Å²) in [6.45, 7) is 1.93. The largest absolute Gasteiger partial charge is 0.497 e. The fourth-order valence-electron chi connectivity index (χ4n) is 2.56. The van der Waals surface area contributed by atoms with Crippen molar-refractivity contribution in [1.82, 2.24) is 4.98 Å². The topological polar surface area (TPSA) is 72.5 Å². The van der Waals surface area contributed by atoms with Crippen LogP contribution in [0.1, 0.15) is 15.9 Å². The van der Waals surface area contributed by atoms with Crippen LogP contribution in [0.25, 0.3) is 0 Å². The maximum Gasteiger partial charge on any atom is 0.255 e. The Morgan fingerprint density at radius 3 is 2.36 bits per heavy atom. The van der Waals surface area contributed by atoms with Crippen LogP contribution in [-0.4, -0.2) is 25.1 Å². The van der Waals surface area contributed by atoms with Crippen LogP contribution < -0.4 is 20.1 Å². The Hall–Kier alpha value is -3.25. The predicted octanol–water partition coefficient (Wildman–Crippen LogP) is 5.06. The maximum atomic E-state index is 12.5. The highest BCUT2D eigenvalue weighted by Crippen LogP contribution is 2.26. The van der Waals surface area contributed by atoms with Gasteiger partial charge in [0, 0.05) is 22.3 Å². The lowest BCUT2D eigenvalue weighted by Gasteiger charge is -2.11. The van der Waals surface area contributed by atoms with Crippen molar-refractivity contribution < 1.29 is 14.3 Å². The second-order valence-electron chi connectivity index (χ2n) is 6.02. The van der Waals surface area contributed by atoms with Crippen LogP contribution >= 0.6 is 11.6 Å². The van der Waals surface area contributed by atoms with E-state index in [0.29, 0.717) is 33.6 Å². The van der Waals surface area contributed by atoms with Gasteiger partial charge in [0.15, 0.2) is 0 Å².